The summed E-state index contributed by atoms with van der Waals surface area (Å²) in [5.74, 6) is 0. The first-order valence-corrected chi connectivity index (χ1v) is 7.59. The van der Waals surface area contributed by atoms with E-state index in [1.54, 1.807) is 0 Å². The predicted octanol–water partition coefficient (Wildman–Crippen LogP) is 3.57. The minimum atomic E-state index is 1.06. The lowest BCUT2D eigenvalue weighted by molar-refractivity contribution is 0.640. The summed E-state index contributed by atoms with van der Waals surface area (Å²) in [5, 5.41) is 7.85. The highest BCUT2D eigenvalue weighted by molar-refractivity contribution is 9.10. The van der Waals surface area contributed by atoms with Crippen molar-refractivity contribution in [3.63, 3.8) is 0 Å². The monoisotopic (exact) mass is 321 g/mol. The fourth-order valence-corrected chi connectivity index (χ4v) is 2.44. The van der Waals surface area contributed by atoms with Crippen LogP contribution < -0.4 is 5.32 Å². The SMILES string of the molecule is CCCNCCCc1cnn(-c2ccccc2Br)c1. The topological polar surface area (TPSA) is 29.9 Å². The molecule has 19 heavy (non-hydrogen) atoms. The summed E-state index contributed by atoms with van der Waals surface area (Å²) in [5.41, 5.74) is 2.37. The van der Waals surface area contributed by atoms with Gasteiger partial charge in [0.05, 0.1) is 11.9 Å². The van der Waals surface area contributed by atoms with E-state index in [4.69, 9.17) is 0 Å². The molecule has 1 N–H and O–H groups in total. The summed E-state index contributed by atoms with van der Waals surface area (Å²) in [4.78, 5) is 0. The van der Waals surface area contributed by atoms with Crippen LogP contribution in [-0.2, 0) is 6.42 Å². The zero-order valence-electron chi connectivity index (χ0n) is 11.3. The number of aromatic nitrogens is 2. The molecule has 0 fully saturated rings. The van der Waals surface area contributed by atoms with E-state index in [0.29, 0.717) is 0 Å². The molecule has 0 spiro atoms. The Morgan fingerprint density at radius 1 is 1.26 bits per heavy atom. The number of halogens is 1. The Morgan fingerprint density at radius 3 is 2.89 bits per heavy atom. The second-order valence-electron chi connectivity index (χ2n) is 4.60. The average Bonchev–Trinajstić information content (AvgIpc) is 2.88. The van der Waals surface area contributed by atoms with Gasteiger partial charge in [0.2, 0.25) is 0 Å². The zero-order chi connectivity index (χ0) is 13.5. The van der Waals surface area contributed by atoms with Crippen molar-refractivity contribution in [1.82, 2.24) is 15.1 Å². The lowest BCUT2D eigenvalue weighted by atomic mass is 10.2. The molecule has 0 atom stereocenters. The summed E-state index contributed by atoms with van der Waals surface area (Å²) in [6, 6.07) is 8.13. The van der Waals surface area contributed by atoms with Crippen molar-refractivity contribution in [2.24, 2.45) is 0 Å². The van der Waals surface area contributed by atoms with Crippen molar-refractivity contribution in [2.75, 3.05) is 13.1 Å². The van der Waals surface area contributed by atoms with Gasteiger partial charge in [0, 0.05) is 10.7 Å². The summed E-state index contributed by atoms with van der Waals surface area (Å²) in [7, 11) is 0. The molecule has 0 bridgehead atoms. The van der Waals surface area contributed by atoms with Crippen LogP contribution in [0.15, 0.2) is 41.1 Å². The Labute approximate surface area is 123 Å². The van der Waals surface area contributed by atoms with Crippen LogP contribution in [-0.4, -0.2) is 22.9 Å². The van der Waals surface area contributed by atoms with E-state index >= 15 is 0 Å². The smallest absolute Gasteiger partial charge is 0.0787 e. The first-order valence-electron chi connectivity index (χ1n) is 6.80. The third-order valence-corrected chi connectivity index (χ3v) is 3.65. The Hall–Kier alpha value is -1.13. The van der Waals surface area contributed by atoms with Crippen molar-refractivity contribution in [2.45, 2.75) is 26.2 Å². The van der Waals surface area contributed by atoms with Crippen molar-refractivity contribution in [3.8, 4) is 5.69 Å². The molecule has 0 unspecified atom stereocenters. The lowest BCUT2D eigenvalue weighted by Crippen LogP contribution is -2.16. The molecule has 1 heterocycles. The third-order valence-electron chi connectivity index (χ3n) is 2.98. The molecule has 2 rings (SSSR count). The summed E-state index contributed by atoms with van der Waals surface area (Å²) in [6.45, 7) is 4.37. The second kappa shape index (κ2) is 7.46. The van der Waals surface area contributed by atoms with Gasteiger partial charge < -0.3 is 5.32 Å². The largest absolute Gasteiger partial charge is 0.317 e. The summed E-state index contributed by atoms with van der Waals surface area (Å²) >= 11 is 3.55. The zero-order valence-corrected chi connectivity index (χ0v) is 12.9. The van der Waals surface area contributed by atoms with Crippen molar-refractivity contribution >= 4 is 15.9 Å². The fourth-order valence-electron chi connectivity index (χ4n) is 1.98. The van der Waals surface area contributed by atoms with Crippen LogP contribution in [0.3, 0.4) is 0 Å². The molecule has 1 aromatic heterocycles. The molecule has 3 nitrogen and oxygen atoms in total. The first-order chi connectivity index (χ1) is 9.31. The molecule has 0 radical (unpaired) electrons. The highest BCUT2D eigenvalue weighted by atomic mass is 79.9. The molecule has 102 valence electrons. The van der Waals surface area contributed by atoms with E-state index in [-0.39, 0.29) is 0 Å². The van der Waals surface area contributed by atoms with Crippen LogP contribution >= 0.6 is 15.9 Å². The van der Waals surface area contributed by atoms with Gasteiger partial charge in [-0.1, -0.05) is 19.1 Å². The quantitative estimate of drug-likeness (QED) is 0.790. The van der Waals surface area contributed by atoms with Crippen LogP contribution in [0.25, 0.3) is 5.69 Å². The standard InChI is InChI=1S/C15H20BrN3/c1-2-9-17-10-5-6-13-11-18-19(12-13)15-8-4-3-7-14(15)16/h3-4,7-8,11-12,17H,2,5-6,9-10H2,1H3. The van der Waals surface area contributed by atoms with Crippen LogP contribution in [0.2, 0.25) is 0 Å². The molecule has 0 amide bonds. The molecule has 1 aromatic carbocycles. The van der Waals surface area contributed by atoms with Crippen LogP contribution in [0.1, 0.15) is 25.3 Å². The van der Waals surface area contributed by atoms with E-state index in [2.05, 4.69) is 45.5 Å². The highest BCUT2D eigenvalue weighted by Gasteiger charge is 2.03. The molecule has 2 aromatic rings. The van der Waals surface area contributed by atoms with Gasteiger partial charge in [-0.15, -0.1) is 0 Å². The van der Waals surface area contributed by atoms with Crippen LogP contribution in [0, 0.1) is 0 Å². The number of hydrogen-bond donors (Lipinski definition) is 1. The van der Waals surface area contributed by atoms with Crippen molar-refractivity contribution in [1.29, 1.82) is 0 Å². The van der Waals surface area contributed by atoms with E-state index in [0.717, 1.165) is 36.1 Å². The number of para-hydroxylation sites is 1. The van der Waals surface area contributed by atoms with Crippen LogP contribution in [0.5, 0.6) is 0 Å². The molecule has 0 aliphatic heterocycles. The summed E-state index contributed by atoms with van der Waals surface area (Å²) < 4.78 is 2.99. The van der Waals surface area contributed by atoms with Gasteiger partial charge in [-0.2, -0.15) is 5.10 Å². The molecule has 0 saturated heterocycles. The maximum Gasteiger partial charge on any atom is 0.0787 e. The lowest BCUT2D eigenvalue weighted by Gasteiger charge is -2.03. The fraction of sp³-hybridized carbons (Fsp3) is 0.400. The van der Waals surface area contributed by atoms with Gasteiger partial charge in [0.25, 0.3) is 0 Å². The van der Waals surface area contributed by atoms with Crippen molar-refractivity contribution < 1.29 is 0 Å². The molecular formula is C15H20BrN3. The van der Waals surface area contributed by atoms with E-state index in [9.17, 15) is 0 Å². The van der Waals surface area contributed by atoms with Gasteiger partial charge in [-0.25, -0.2) is 4.68 Å². The number of benzene rings is 1. The molecule has 0 saturated carbocycles. The molecule has 0 aliphatic carbocycles. The average molecular weight is 322 g/mol. The van der Waals surface area contributed by atoms with Gasteiger partial charge in [-0.05, 0) is 66.0 Å². The number of nitrogens with zero attached hydrogens (tertiary/aromatic N) is 2. The normalized spacial score (nSPS) is 10.8. The van der Waals surface area contributed by atoms with Crippen LogP contribution in [0.4, 0.5) is 0 Å². The second-order valence-corrected chi connectivity index (χ2v) is 5.45. The summed E-state index contributed by atoms with van der Waals surface area (Å²) in [6.07, 6.45) is 7.49. The Morgan fingerprint density at radius 2 is 2.11 bits per heavy atom. The maximum atomic E-state index is 4.43. The predicted molar refractivity (Wildman–Crippen MR) is 82.7 cm³/mol. The molecule has 4 heteroatoms. The van der Waals surface area contributed by atoms with Crippen molar-refractivity contribution in [3.05, 3.63) is 46.7 Å². The van der Waals surface area contributed by atoms with Gasteiger partial charge in [0.15, 0.2) is 0 Å². The number of nitrogens with one attached hydrogen (secondary N) is 1. The Kier molecular flexibility index (Phi) is 5.61. The maximum absolute atomic E-state index is 4.43. The molecule has 0 aliphatic rings. The minimum Gasteiger partial charge on any atom is -0.317 e. The number of hydrogen-bond acceptors (Lipinski definition) is 2. The Balaban J connectivity index is 1.91. The first kappa shape index (κ1) is 14.3. The van der Waals surface area contributed by atoms with Gasteiger partial charge in [-0.3, -0.25) is 0 Å². The third kappa shape index (κ3) is 4.18. The van der Waals surface area contributed by atoms with E-state index in [1.807, 2.05) is 29.1 Å². The van der Waals surface area contributed by atoms with Gasteiger partial charge in [0.1, 0.15) is 0 Å². The molecular weight excluding hydrogens is 302 g/mol. The minimum absolute atomic E-state index is 1.06. The Bertz CT molecular complexity index is 508. The number of aryl methyl sites for hydroxylation is 1. The van der Waals surface area contributed by atoms with E-state index in [1.165, 1.54) is 12.0 Å². The number of rotatable bonds is 7. The highest BCUT2D eigenvalue weighted by Crippen LogP contribution is 2.20. The van der Waals surface area contributed by atoms with Gasteiger partial charge >= 0.3 is 0 Å². The van der Waals surface area contributed by atoms with E-state index < -0.39 is 0 Å².